The SMILES string of the molecule is CC(C)c1cccc(NC(N)=NCc2ccccc2CO)c1. The molecule has 0 atom stereocenters. The lowest BCUT2D eigenvalue weighted by atomic mass is 10.0. The van der Waals surface area contributed by atoms with Crippen molar-refractivity contribution < 1.29 is 5.11 Å². The Hall–Kier alpha value is -2.33. The molecule has 4 N–H and O–H groups in total. The van der Waals surface area contributed by atoms with Crippen molar-refractivity contribution >= 4 is 11.6 Å². The first-order valence-electron chi connectivity index (χ1n) is 7.44. The van der Waals surface area contributed by atoms with Gasteiger partial charge in [-0.2, -0.15) is 0 Å². The Morgan fingerprint density at radius 2 is 1.86 bits per heavy atom. The lowest BCUT2D eigenvalue weighted by Gasteiger charge is -2.10. The number of benzene rings is 2. The molecule has 0 fully saturated rings. The summed E-state index contributed by atoms with van der Waals surface area (Å²) in [5.74, 6) is 0.838. The molecular formula is C18H23N3O. The van der Waals surface area contributed by atoms with Crippen LogP contribution in [0, 0.1) is 0 Å². The van der Waals surface area contributed by atoms with Crippen molar-refractivity contribution in [2.45, 2.75) is 32.9 Å². The number of anilines is 1. The van der Waals surface area contributed by atoms with Crippen molar-refractivity contribution in [3.63, 3.8) is 0 Å². The van der Waals surface area contributed by atoms with E-state index in [2.05, 4.69) is 36.3 Å². The third-order valence-electron chi connectivity index (χ3n) is 3.53. The van der Waals surface area contributed by atoms with Crippen molar-refractivity contribution in [3.8, 4) is 0 Å². The van der Waals surface area contributed by atoms with Crippen LogP contribution in [0.2, 0.25) is 0 Å². The largest absolute Gasteiger partial charge is 0.392 e. The number of guanidine groups is 1. The minimum absolute atomic E-state index is 0.00939. The van der Waals surface area contributed by atoms with Crippen LogP contribution in [0.15, 0.2) is 53.5 Å². The van der Waals surface area contributed by atoms with E-state index >= 15 is 0 Å². The normalized spacial score (nSPS) is 11.7. The Balaban J connectivity index is 2.05. The van der Waals surface area contributed by atoms with Gasteiger partial charge in [-0.25, -0.2) is 4.99 Å². The molecule has 0 aliphatic heterocycles. The average Bonchev–Trinajstić information content (AvgIpc) is 2.53. The van der Waals surface area contributed by atoms with E-state index in [-0.39, 0.29) is 6.61 Å². The summed E-state index contributed by atoms with van der Waals surface area (Å²) >= 11 is 0. The Morgan fingerprint density at radius 3 is 2.55 bits per heavy atom. The zero-order valence-corrected chi connectivity index (χ0v) is 13.1. The van der Waals surface area contributed by atoms with E-state index in [9.17, 15) is 5.11 Å². The molecule has 0 aliphatic rings. The number of aliphatic hydroxyl groups is 1. The zero-order chi connectivity index (χ0) is 15.9. The number of hydrogen-bond acceptors (Lipinski definition) is 2. The van der Waals surface area contributed by atoms with Crippen LogP contribution in [0.4, 0.5) is 5.69 Å². The van der Waals surface area contributed by atoms with Crippen LogP contribution in [-0.2, 0) is 13.2 Å². The van der Waals surface area contributed by atoms with E-state index in [0.29, 0.717) is 18.4 Å². The maximum absolute atomic E-state index is 9.31. The highest BCUT2D eigenvalue weighted by Gasteiger charge is 2.02. The Bertz CT molecular complexity index is 650. The molecule has 0 amide bonds. The number of hydrogen-bond donors (Lipinski definition) is 3. The number of aliphatic imine (C=N–C) groups is 1. The summed E-state index contributed by atoms with van der Waals surface area (Å²) in [6.07, 6.45) is 0. The summed E-state index contributed by atoms with van der Waals surface area (Å²) in [5, 5.41) is 12.4. The molecule has 22 heavy (non-hydrogen) atoms. The van der Waals surface area contributed by atoms with E-state index in [0.717, 1.165) is 16.8 Å². The lowest BCUT2D eigenvalue weighted by Crippen LogP contribution is -2.22. The third-order valence-corrected chi connectivity index (χ3v) is 3.53. The standard InChI is InChI=1S/C18H23N3O/c1-13(2)14-8-5-9-17(10-14)21-18(19)20-11-15-6-3-4-7-16(15)12-22/h3-10,13,22H,11-12H2,1-2H3,(H3,19,20,21). The van der Waals surface area contributed by atoms with Gasteiger partial charge in [0.2, 0.25) is 0 Å². The number of nitrogens with one attached hydrogen (secondary N) is 1. The van der Waals surface area contributed by atoms with Crippen LogP contribution in [0.1, 0.15) is 36.5 Å². The molecule has 0 aromatic heterocycles. The highest BCUT2D eigenvalue weighted by atomic mass is 16.3. The summed E-state index contributed by atoms with van der Waals surface area (Å²) in [6.45, 7) is 4.76. The first-order chi connectivity index (χ1) is 10.6. The molecule has 4 heteroatoms. The number of nitrogens with two attached hydrogens (primary N) is 1. The third kappa shape index (κ3) is 4.33. The van der Waals surface area contributed by atoms with Gasteiger partial charge in [-0.05, 0) is 34.7 Å². The zero-order valence-electron chi connectivity index (χ0n) is 13.1. The first kappa shape index (κ1) is 16.0. The second-order valence-electron chi connectivity index (χ2n) is 5.53. The molecule has 0 radical (unpaired) electrons. The molecule has 116 valence electrons. The molecular weight excluding hydrogens is 274 g/mol. The number of nitrogens with zero attached hydrogens (tertiary/aromatic N) is 1. The van der Waals surface area contributed by atoms with Gasteiger partial charge < -0.3 is 16.2 Å². The molecule has 2 rings (SSSR count). The van der Waals surface area contributed by atoms with Crippen molar-refractivity contribution in [1.82, 2.24) is 0 Å². The average molecular weight is 297 g/mol. The molecule has 0 bridgehead atoms. The highest BCUT2D eigenvalue weighted by Crippen LogP contribution is 2.18. The van der Waals surface area contributed by atoms with Gasteiger partial charge in [0.05, 0.1) is 13.2 Å². The lowest BCUT2D eigenvalue weighted by molar-refractivity contribution is 0.280. The summed E-state index contributed by atoms with van der Waals surface area (Å²) in [7, 11) is 0. The van der Waals surface area contributed by atoms with Crippen molar-refractivity contribution in [3.05, 3.63) is 65.2 Å². The van der Waals surface area contributed by atoms with Crippen LogP contribution in [0.3, 0.4) is 0 Å². The Morgan fingerprint density at radius 1 is 1.14 bits per heavy atom. The monoisotopic (exact) mass is 297 g/mol. The van der Waals surface area contributed by atoms with Crippen LogP contribution < -0.4 is 11.1 Å². The first-order valence-corrected chi connectivity index (χ1v) is 7.44. The molecule has 0 saturated carbocycles. The van der Waals surface area contributed by atoms with Gasteiger partial charge in [-0.1, -0.05) is 50.2 Å². The summed E-state index contributed by atoms with van der Waals surface area (Å²) in [5.41, 5.74) is 9.99. The molecule has 0 spiro atoms. The van der Waals surface area contributed by atoms with Crippen molar-refractivity contribution in [2.75, 3.05) is 5.32 Å². The molecule has 0 unspecified atom stereocenters. The topological polar surface area (TPSA) is 70.6 Å². The van der Waals surface area contributed by atoms with Crippen molar-refractivity contribution in [1.29, 1.82) is 0 Å². The van der Waals surface area contributed by atoms with Gasteiger partial charge in [0.15, 0.2) is 5.96 Å². The summed E-state index contributed by atoms with van der Waals surface area (Å²) in [4.78, 5) is 4.35. The fourth-order valence-electron chi connectivity index (χ4n) is 2.20. The van der Waals surface area contributed by atoms with Crippen LogP contribution in [0.25, 0.3) is 0 Å². The quantitative estimate of drug-likeness (QED) is 0.586. The molecule has 0 aliphatic carbocycles. The fraction of sp³-hybridized carbons (Fsp3) is 0.278. The van der Waals surface area contributed by atoms with Gasteiger partial charge in [-0.3, -0.25) is 0 Å². The van der Waals surface area contributed by atoms with Gasteiger partial charge in [0, 0.05) is 5.69 Å². The van der Waals surface area contributed by atoms with Crippen LogP contribution in [-0.4, -0.2) is 11.1 Å². The maximum atomic E-state index is 9.31. The van der Waals surface area contributed by atoms with Gasteiger partial charge in [-0.15, -0.1) is 0 Å². The van der Waals surface area contributed by atoms with E-state index in [1.54, 1.807) is 0 Å². The van der Waals surface area contributed by atoms with E-state index in [4.69, 9.17) is 5.73 Å². The Labute approximate surface area is 131 Å². The van der Waals surface area contributed by atoms with Gasteiger partial charge >= 0.3 is 0 Å². The summed E-state index contributed by atoms with van der Waals surface area (Å²) in [6, 6.07) is 15.8. The molecule has 2 aromatic carbocycles. The predicted molar refractivity (Wildman–Crippen MR) is 91.8 cm³/mol. The number of rotatable bonds is 5. The van der Waals surface area contributed by atoms with E-state index in [1.165, 1.54) is 5.56 Å². The van der Waals surface area contributed by atoms with Crippen LogP contribution >= 0.6 is 0 Å². The van der Waals surface area contributed by atoms with Crippen LogP contribution in [0.5, 0.6) is 0 Å². The molecule has 0 saturated heterocycles. The summed E-state index contributed by atoms with van der Waals surface area (Å²) < 4.78 is 0. The smallest absolute Gasteiger partial charge is 0.193 e. The second kappa shape index (κ2) is 7.61. The van der Waals surface area contributed by atoms with Crippen molar-refractivity contribution in [2.24, 2.45) is 10.7 Å². The molecule has 2 aromatic rings. The number of aliphatic hydroxyl groups excluding tert-OH is 1. The molecule has 0 heterocycles. The van der Waals surface area contributed by atoms with E-state index < -0.39 is 0 Å². The minimum Gasteiger partial charge on any atom is -0.392 e. The van der Waals surface area contributed by atoms with Gasteiger partial charge in [0.1, 0.15) is 0 Å². The van der Waals surface area contributed by atoms with Gasteiger partial charge in [0.25, 0.3) is 0 Å². The maximum Gasteiger partial charge on any atom is 0.193 e. The predicted octanol–water partition coefficient (Wildman–Crippen LogP) is 3.23. The Kier molecular flexibility index (Phi) is 5.55. The molecule has 4 nitrogen and oxygen atoms in total. The van der Waals surface area contributed by atoms with E-state index in [1.807, 2.05) is 36.4 Å². The minimum atomic E-state index is 0.00939. The highest BCUT2D eigenvalue weighted by molar-refractivity contribution is 5.92. The second-order valence-corrected chi connectivity index (χ2v) is 5.53. The fourth-order valence-corrected chi connectivity index (χ4v) is 2.20.